The molecule has 0 unspecified atom stereocenters. The zero-order chi connectivity index (χ0) is 25.6. The molecule has 0 saturated heterocycles. The maximum atomic E-state index is 11.6. The number of hydrogen-bond donors (Lipinski definition) is 2. The second kappa shape index (κ2) is 15.1. The molecule has 2 rings (SSSR count). The number of carbonyl (C=O) groups is 3. The van der Waals surface area contributed by atoms with E-state index in [-0.39, 0.29) is 17.5 Å². The number of ether oxygens (including phenoxy) is 4. The van der Waals surface area contributed by atoms with Crippen molar-refractivity contribution in [3.8, 4) is 12.0 Å². The van der Waals surface area contributed by atoms with E-state index >= 15 is 0 Å². The first-order valence-corrected chi connectivity index (χ1v) is 9.99. The van der Waals surface area contributed by atoms with Gasteiger partial charge in [0.05, 0.1) is 28.4 Å². The van der Waals surface area contributed by atoms with E-state index in [4.69, 9.17) is 19.9 Å². The van der Waals surface area contributed by atoms with Gasteiger partial charge in [0, 0.05) is 27.1 Å². The summed E-state index contributed by atoms with van der Waals surface area (Å²) in [5.41, 5.74) is 6.04. The van der Waals surface area contributed by atoms with Crippen LogP contribution in [-0.2, 0) is 28.4 Å². The van der Waals surface area contributed by atoms with Gasteiger partial charge < -0.3 is 34.8 Å². The van der Waals surface area contributed by atoms with Gasteiger partial charge in [0.15, 0.2) is 23.0 Å². The van der Waals surface area contributed by atoms with Crippen molar-refractivity contribution >= 4 is 29.9 Å². The summed E-state index contributed by atoms with van der Waals surface area (Å²) in [4.78, 5) is 39.9. The van der Waals surface area contributed by atoms with Crippen LogP contribution in [0.4, 0.5) is 11.6 Å². The zero-order valence-corrected chi connectivity index (χ0v) is 20.4. The van der Waals surface area contributed by atoms with Crippen molar-refractivity contribution in [2.24, 2.45) is 14.1 Å². The van der Waals surface area contributed by atoms with E-state index in [1.165, 1.54) is 33.0 Å². The highest BCUT2D eigenvalue weighted by molar-refractivity contribution is 5.93. The Hall–Kier alpha value is -3.77. The molecule has 13 heteroatoms. The fraction of sp³-hybridized carbons (Fsp3) is 0.550. The van der Waals surface area contributed by atoms with Crippen LogP contribution >= 0.6 is 0 Å². The lowest BCUT2D eigenvalue weighted by atomic mass is 10.4. The number of nitrogen functional groups attached to an aromatic ring is 1. The van der Waals surface area contributed by atoms with Crippen LogP contribution in [0.2, 0.25) is 0 Å². The number of imidazole rings is 2. The molecule has 2 aromatic heterocycles. The second-order valence-corrected chi connectivity index (χ2v) is 6.23. The van der Waals surface area contributed by atoms with Crippen LogP contribution in [0.1, 0.15) is 47.7 Å². The van der Waals surface area contributed by atoms with Gasteiger partial charge in [-0.15, -0.1) is 0 Å². The molecule has 186 valence electrons. The van der Waals surface area contributed by atoms with Gasteiger partial charge in [-0.05, 0) is 6.42 Å². The van der Waals surface area contributed by atoms with E-state index in [2.05, 4.69) is 20.0 Å². The summed E-state index contributed by atoms with van der Waals surface area (Å²) in [6.07, 6.45) is 2.46. The first-order valence-electron chi connectivity index (χ1n) is 9.99. The Bertz CT molecular complexity index is 907. The average Bonchev–Trinajstić information content (AvgIpc) is 3.31. The fourth-order valence-electron chi connectivity index (χ4n) is 2.38. The monoisotopic (exact) mass is 470 g/mol. The minimum absolute atomic E-state index is 0.103. The van der Waals surface area contributed by atoms with Gasteiger partial charge in [0.2, 0.25) is 0 Å². The van der Waals surface area contributed by atoms with Crippen LogP contribution in [0, 0.1) is 0 Å². The van der Waals surface area contributed by atoms with Crippen molar-refractivity contribution in [2.45, 2.75) is 26.7 Å². The maximum Gasteiger partial charge on any atom is 0.358 e. The predicted molar refractivity (Wildman–Crippen MR) is 122 cm³/mol. The Labute approximate surface area is 193 Å². The number of nitrogens with zero attached hydrogens (tertiary/aromatic N) is 4. The Kier molecular flexibility index (Phi) is 13.4. The zero-order valence-electron chi connectivity index (χ0n) is 20.4. The lowest BCUT2D eigenvalue weighted by Gasteiger charge is -2.05. The van der Waals surface area contributed by atoms with Crippen LogP contribution in [0.3, 0.4) is 0 Å². The number of aldehydes is 1. The van der Waals surface area contributed by atoms with Crippen molar-refractivity contribution in [3.05, 3.63) is 11.4 Å². The number of rotatable bonds is 8. The molecule has 13 nitrogen and oxygen atoms in total. The fourth-order valence-corrected chi connectivity index (χ4v) is 2.38. The number of esters is 2. The molecule has 0 bridgehead atoms. The average molecular weight is 471 g/mol. The van der Waals surface area contributed by atoms with Gasteiger partial charge in [-0.1, -0.05) is 13.8 Å². The molecule has 3 N–H and O–H groups in total. The largest absolute Gasteiger partial charge is 0.468 e. The lowest BCUT2D eigenvalue weighted by molar-refractivity contribution is -0.107. The predicted octanol–water partition coefficient (Wildman–Crippen LogP) is 1.43. The number of nitrogens with one attached hydrogen (secondary N) is 1. The quantitative estimate of drug-likeness (QED) is 0.424. The molecule has 0 aliphatic heterocycles. The minimum Gasteiger partial charge on any atom is -0.468 e. The molecule has 2 aromatic rings. The molecule has 0 aliphatic carbocycles. The van der Waals surface area contributed by atoms with Crippen LogP contribution in [-0.4, -0.2) is 72.3 Å². The third-order valence-corrected chi connectivity index (χ3v) is 3.97. The molecule has 2 heterocycles. The Balaban J connectivity index is 0.000000542. The second-order valence-electron chi connectivity index (χ2n) is 6.23. The Morgan fingerprint density at radius 3 is 1.79 bits per heavy atom. The molecular weight excluding hydrogens is 436 g/mol. The maximum absolute atomic E-state index is 11.6. The minimum atomic E-state index is -0.532. The molecule has 0 amide bonds. The number of hydrogen-bond acceptors (Lipinski definition) is 11. The molecule has 0 spiro atoms. The topological polar surface area (TPSA) is 162 Å². The molecular formula is C20H34N6O7. The third-order valence-electron chi connectivity index (χ3n) is 3.97. The summed E-state index contributed by atoms with van der Waals surface area (Å²) in [6, 6.07) is 0.650. The Morgan fingerprint density at radius 2 is 1.39 bits per heavy atom. The van der Waals surface area contributed by atoms with E-state index < -0.39 is 11.9 Å². The van der Waals surface area contributed by atoms with Gasteiger partial charge >= 0.3 is 11.9 Å². The van der Waals surface area contributed by atoms with Gasteiger partial charge in [-0.2, -0.15) is 9.97 Å². The SMILES string of the molecule is CCC=O.CCCNc1nc(OC)n(C)c1C(=O)OC.COC(=O)c1c(N)nc(OC)n1C. The Morgan fingerprint density at radius 1 is 0.939 bits per heavy atom. The molecule has 0 aliphatic rings. The summed E-state index contributed by atoms with van der Waals surface area (Å²) in [5, 5.41) is 3.06. The van der Waals surface area contributed by atoms with Crippen molar-refractivity contribution in [3.63, 3.8) is 0 Å². The van der Waals surface area contributed by atoms with Crippen molar-refractivity contribution in [1.29, 1.82) is 0 Å². The first-order chi connectivity index (χ1) is 15.7. The number of aromatic nitrogens is 4. The standard InChI is InChI=1S/C10H17N3O3.C7H11N3O3.C3H6O/c1-5-6-11-8-7(9(14)15-3)13(2)10(12-8)16-4;1-10-4(6(11)12-2)5(8)9-7(10)13-3;1-2-3-4/h11H,5-6H2,1-4H3;8H2,1-3H3;3H,2H2,1H3. The van der Waals surface area contributed by atoms with Crippen LogP contribution < -0.4 is 20.5 Å². The third kappa shape index (κ3) is 8.01. The number of anilines is 2. The summed E-state index contributed by atoms with van der Waals surface area (Å²) < 4.78 is 22.1. The van der Waals surface area contributed by atoms with Crippen molar-refractivity contribution in [1.82, 2.24) is 19.1 Å². The van der Waals surface area contributed by atoms with Crippen molar-refractivity contribution in [2.75, 3.05) is 46.0 Å². The normalized spacial score (nSPS) is 9.45. The molecule has 0 saturated carbocycles. The van der Waals surface area contributed by atoms with Gasteiger partial charge in [0.25, 0.3) is 12.0 Å². The first kappa shape index (κ1) is 29.2. The summed E-state index contributed by atoms with van der Waals surface area (Å²) in [5.74, 6) is -0.369. The van der Waals surface area contributed by atoms with E-state index in [1.54, 1.807) is 18.7 Å². The van der Waals surface area contributed by atoms with E-state index in [9.17, 15) is 14.4 Å². The van der Waals surface area contributed by atoms with Crippen LogP contribution in [0.25, 0.3) is 0 Å². The highest BCUT2D eigenvalue weighted by atomic mass is 16.5. The lowest BCUT2D eigenvalue weighted by Crippen LogP contribution is -2.12. The molecule has 0 atom stereocenters. The van der Waals surface area contributed by atoms with Crippen LogP contribution in [0.15, 0.2) is 0 Å². The molecule has 0 fully saturated rings. The van der Waals surface area contributed by atoms with Crippen molar-refractivity contribution < 1.29 is 33.3 Å². The van der Waals surface area contributed by atoms with Gasteiger partial charge in [-0.3, -0.25) is 9.13 Å². The highest BCUT2D eigenvalue weighted by Crippen LogP contribution is 2.21. The smallest absolute Gasteiger partial charge is 0.358 e. The van der Waals surface area contributed by atoms with E-state index in [0.717, 1.165) is 19.3 Å². The molecule has 0 radical (unpaired) electrons. The summed E-state index contributed by atoms with van der Waals surface area (Å²) in [6.45, 7) is 4.59. The molecule has 33 heavy (non-hydrogen) atoms. The number of carbonyl (C=O) groups excluding carboxylic acids is 3. The van der Waals surface area contributed by atoms with Gasteiger partial charge in [-0.25, -0.2) is 9.59 Å². The summed E-state index contributed by atoms with van der Waals surface area (Å²) >= 11 is 0. The van der Waals surface area contributed by atoms with Crippen LogP contribution in [0.5, 0.6) is 12.0 Å². The summed E-state index contributed by atoms with van der Waals surface area (Å²) in [7, 11) is 8.89. The van der Waals surface area contributed by atoms with E-state index in [1.807, 2.05) is 13.8 Å². The van der Waals surface area contributed by atoms with E-state index in [0.29, 0.717) is 23.9 Å². The van der Waals surface area contributed by atoms with Gasteiger partial charge in [0.1, 0.15) is 6.29 Å². The molecule has 0 aromatic carbocycles. The number of nitrogens with two attached hydrogens (primary N) is 1. The highest BCUT2D eigenvalue weighted by Gasteiger charge is 2.22. The number of methoxy groups -OCH3 is 4.